The summed E-state index contributed by atoms with van der Waals surface area (Å²) in [5.41, 5.74) is 2.18. The molecule has 1 atom stereocenters. The van der Waals surface area contributed by atoms with Gasteiger partial charge in [-0.25, -0.2) is 9.97 Å². The largest absolute Gasteiger partial charge is 0.341 e. The number of nitrogens with one attached hydrogen (secondary N) is 1. The molecule has 1 amide bonds. The molecule has 6 nitrogen and oxygen atoms in total. The van der Waals surface area contributed by atoms with Crippen molar-refractivity contribution in [3.8, 4) is 6.07 Å². The van der Waals surface area contributed by atoms with Crippen molar-refractivity contribution in [2.75, 3.05) is 23.3 Å². The molecule has 1 unspecified atom stereocenters. The van der Waals surface area contributed by atoms with Gasteiger partial charge in [-0.1, -0.05) is 13.0 Å². The lowest BCUT2D eigenvalue weighted by molar-refractivity contribution is 0.102. The third-order valence-electron chi connectivity index (χ3n) is 4.26. The molecule has 2 aromatic rings. The van der Waals surface area contributed by atoms with Gasteiger partial charge in [-0.15, -0.1) is 0 Å². The first-order chi connectivity index (χ1) is 12.0. The molecule has 1 fully saturated rings. The number of hydrogen-bond acceptors (Lipinski definition) is 5. The highest BCUT2D eigenvalue weighted by Crippen LogP contribution is 2.21. The predicted octanol–water partition coefficient (Wildman–Crippen LogP) is 3.15. The SMILES string of the molecule is Cc1cc(C(=O)Nc2cccc(C#N)c2)nc(N2CCCC(C)C2)n1. The molecule has 1 saturated heterocycles. The van der Waals surface area contributed by atoms with Gasteiger partial charge < -0.3 is 10.2 Å². The van der Waals surface area contributed by atoms with Gasteiger partial charge in [0.1, 0.15) is 5.69 Å². The molecule has 0 saturated carbocycles. The molecular weight excluding hydrogens is 314 g/mol. The summed E-state index contributed by atoms with van der Waals surface area (Å²) in [6, 6.07) is 10.6. The molecule has 1 N–H and O–H groups in total. The zero-order chi connectivity index (χ0) is 17.8. The molecule has 0 aliphatic carbocycles. The fraction of sp³-hybridized carbons (Fsp3) is 0.368. The number of benzene rings is 1. The third-order valence-corrected chi connectivity index (χ3v) is 4.26. The van der Waals surface area contributed by atoms with Crippen molar-refractivity contribution < 1.29 is 4.79 Å². The van der Waals surface area contributed by atoms with Crippen molar-refractivity contribution in [1.29, 1.82) is 5.26 Å². The van der Waals surface area contributed by atoms with Crippen molar-refractivity contribution in [2.24, 2.45) is 5.92 Å². The molecule has 6 heteroatoms. The average molecular weight is 335 g/mol. The lowest BCUT2D eigenvalue weighted by atomic mass is 10.0. The number of nitriles is 1. The van der Waals surface area contributed by atoms with Gasteiger partial charge in [-0.3, -0.25) is 4.79 Å². The van der Waals surface area contributed by atoms with Crippen molar-refractivity contribution in [2.45, 2.75) is 26.7 Å². The van der Waals surface area contributed by atoms with Crippen LogP contribution in [0.3, 0.4) is 0 Å². The van der Waals surface area contributed by atoms with E-state index in [1.165, 1.54) is 6.42 Å². The summed E-state index contributed by atoms with van der Waals surface area (Å²) in [5.74, 6) is 0.915. The van der Waals surface area contributed by atoms with E-state index in [0.29, 0.717) is 28.8 Å². The maximum absolute atomic E-state index is 12.6. The quantitative estimate of drug-likeness (QED) is 0.932. The molecular formula is C19H21N5O. The van der Waals surface area contributed by atoms with Crippen LogP contribution in [-0.2, 0) is 0 Å². The summed E-state index contributed by atoms with van der Waals surface area (Å²) in [4.78, 5) is 23.7. The number of aryl methyl sites for hydroxylation is 1. The fourth-order valence-corrected chi connectivity index (χ4v) is 3.04. The number of aromatic nitrogens is 2. The minimum atomic E-state index is -0.299. The van der Waals surface area contributed by atoms with Gasteiger partial charge in [0.2, 0.25) is 5.95 Å². The van der Waals surface area contributed by atoms with Gasteiger partial charge in [0.25, 0.3) is 5.91 Å². The van der Waals surface area contributed by atoms with Crippen molar-refractivity contribution in [3.63, 3.8) is 0 Å². The highest BCUT2D eigenvalue weighted by atomic mass is 16.1. The number of anilines is 2. The second kappa shape index (κ2) is 7.31. The average Bonchev–Trinajstić information content (AvgIpc) is 2.61. The summed E-state index contributed by atoms with van der Waals surface area (Å²) in [6.07, 6.45) is 2.33. The number of hydrogen-bond donors (Lipinski definition) is 1. The van der Waals surface area contributed by atoms with Crippen LogP contribution < -0.4 is 10.2 Å². The summed E-state index contributed by atoms with van der Waals surface area (Å²) >= 11 is 0. The van der Waals surface area contributed by atoms with E-state index >= 15 is 0 Å². The third kappa shape index (κ3) is 4.13. The first-order valence-electron chi connectivity index (χ1n) is 8.47. The Balaban J connectivity index is 1.81. The van der Waals surface area contributed by atoms with Crippen molar-refractivity contribution >= 4 is 17.5 Å². The van der Waals surface area contributed by atoms with Crippen LogP contribution >= 0.6 is 0 Å². The van der Waals surface area contributed by atoms with E-state index in [9.17, 15) is 4.79 Å². The van der Waals surface area contributed by atoms with Gasteiger partial charge in [0, 0.05) is 24.5 Å². The van der Waals surface area contributed by atoms with Gasteiger partial charge in [-0.05, 0) is 49.9 Å². The molecule has 128 valence electrons. The van der Waals surface area contributed by atoms with Crippen LogP contribution in [0.25, 0.3) is 0 Å². The Kier molecular flexibility index (Phi) is 4.94. The fourth-order valence-electron chi connectivity index (χ4n) is 3.04. The maximum Gasteiger partial charge on any atom is 0.274 e. The lowest BCUT2D eigenvalue weighted by Crippen LogP contribution is -2.36. The highest BCUT2D eigenvalue weighted by Gasteiger charge is 2.20. The van der Waals surface area contributed by atoms with Crippen molar-refractivity contribution in [1.82, 2.24) is 9.97 Å². The Hall–Kier alpha value is -2.94. The monoisotopic (exact) mass is 335 g/mol. The van der Waals surface area contributed by atoms with Crippen LogP contribution in [0, 0.1) is 24.2 Å². The molecule has 0 radical (unpaired) electrons. The first kappa shape index (κ1) is 16.9. The minimum absolute atomic E-state index is 0.299. The number of piperidine rings is 1. The zero-order valence-electron chi connectivity index (χ0n) is 14.5. The van der Waals surface area contributed by atoms with E-state index in [1.807, 2.05) is 6.92 Å². The van der Waals surface area contributed by atoms with E-state index in [0.717, 1.165) is 25.2 Å². The maximum atomic E-state index is 12.6. The lowest BCUT2D eigenvalue weighted by Gasteiger charge is -2.31. The number of amides is 1. The van der Waals surface area contributed by atoms with E-state index in [4.69, 9.17) is 5.26 Å². The number of carbonyl (C=O) groups is 1. The molecule has 1 aliphatic rings. The van der Waals surface area contributed by atoms with Crippen molar-refractivity contribution in [3.05, 3.63) is 47.3 Å². The molecule has 0 spiro atoms. The number of nitrogens with zero attached hydrogens (tertiary/aromatic N) is 4. The van der Waals surface area contributed by atoms with Crippen LogP contribution in [-0.4, -0.2) is 29.0 Å². The van der Waals surface area contributed by atoms with Crippen LogP contribution in [0.1, 0.15) is 41.5 Å². The van der Waals surface area contributed by atoms with Crippen LogP contribution in [0.4, 0.5) is 11.6 Å². The van der Waals surface area contributed by atoms with Crippen LogP contribution in [0.5, 0.6) is 0 Å². The molecule has 3 rings (SSSR count). The Bertz CT molecular complexity index is 827. The second-order valence-electron chi connectivity index (χ2n) is 6.53. The Morgan fingerprint density at radius 2 is 2.20 bits per heavy atom. The summed E-state index contributed by atoms with van der Waals surface area (Å²) in [6.45, 7) is 5.91. The summed E-state index contributed by atoms with van der Waals surface area (Å²) < 4.78 is 0. The standard InChI is InChI=1S/C19H21N5O/c1-13-5-4-8-24(12-13)19-21-14(2)9-17(23-19)18(25)22-16-7-3-6-15(10-16)11-20/h3,6-7,9-10,13H,4-5,8,12H2,1-2H3,(H,22,25). The number of rotatable bonds is 3. The normalized spacial score (nSPS) is 17.0. The van der Waals surface area contributed by atoms with Crippen LogP contribution in [0.15, 0.2) is 30.3 Å². The van der Waals surface area contributed by atoms with Gasteiger partial charge in [0.15, 0.2) is 0 Å². The summed E-state index contributed by atoms with van der Waals surface area (Å²) in [5, 5.41) is 11.8. The summed E-state index contributed by atoms with van der Waals surface area (Å²) in [7, 11) is 0. The van der Waals surface area contributed by atoms with E-state index < -0.39 is 0 Å². The Labute approximate surface area is 147 Å². The van der Waals surface area contributed by atoms with E-state index in [1.54, 1.807) is 30.3 Å². The molecule has 1 aromatic heterocycles. The van der Waals surface area contributed by atoms with E-state index in [-0.39, 0.29) is 5.91 Å². The topological polar surface area (TPSA) is 81.9 Å². The number of carbonyl (C=O) groups excluding carboxylic acids is 1. The van der Waals surface area contributed by atoms with Crippen LogP contribution in [0.2, 0.25) is 0 Å². The second-order valence-corrected chi connectivity index (χ2v) is 6.53. The first-order valence-corrected chi connectivity index (χ1v) is 8.47. The van der Waals surface area contributed by atoms with Gasteiger partial charge in [0.05, 0.1) is 11.6 Å². The smallest absolute Gasteiger partial charge is 0.274 e. The predicted molar refractivity (Wildman–Crippen MR) is 96.5 cm³/mol. The van der Waals surface area contributed by atoms with Gasteiger partial charge >= 0.3 is 0 Å². The molecule has 1 aromatic carbocycles. The molecule has 2 heterocycles. The zero-order valence-corrected chi connectivity index (χ0v) is 14.5. The Morgan fingerprint density at radius 3 is 2.96 bits per heavy atom. The highest BCUT2D eigenvalue weighted by molar-refractivity contribution is 6.03. The molecule has 0 bridgehead atoms. The Morgan fingerprint density at radius 1 is 1.36 bits per heavy atom. The van der Waals surface area contributed by atoms with E-state index in [2.05, 4.69) is 33.2 Å². The minimum Gasteiger partial charge on any atom is -0.341 e. The molecule has 25 heavy (non-hydrogen) atoms. The van der Waals surface area contributed by atoms with Gasteiger partial charge in [-0.2, -0.15) is 5.26 Å². The molecule has 1 aliphatic heterocycles.